The highest BCUT2D eigenvalue weighted by molar-refractivity contribution is 8.00. The lowest BCUT2D eigenvalue weighted by atomic mass is 9.31. The Morgan fingerprint density at radius 3 is 1.46 bits per heavy atom. The molecule has 0 bridgehead atoms. The van der Waals surface area contributed by atoms with Crippen molar-refractivity contribution in [2.45, 2.75) is 9.79 Å². The zero-order valence-corrected chi connectivity index (χ0v) is 50.9. The number of ether oxygens (including phenoxy) is 1. The van der Waals surface area contributed by atoms with Crippen LogP contribution in [0, 0.1) is 0 Å². The summed E-state index contributed by atoms with van der Waals surface area (Å²) in [6, 6.07) is 124. The van der Waals surface area contributed by atoms with Crippen LogP contribution in [0.1, 0.15) is 0 Å². The van der Waals surface area contributed by atoms with Crippen molar-refractivity contribution in [1.82, 2.24) is 0 Å². The van der Waals surface area contributed by atoms with Gasteiger partial charge in [0, 0.05) is 78.2 Å². The van der Waals surface area contributed by atoms with Crippen LogP contribution in [0.15, 0.2) is 350 Å². The largest absolute Gasteiger partial charge is 0.458 e. The lowest BCUT2D eigenvalue weighted by molar-refractivity contribution is 0.487. The molecule has 14 aromatic rings. The minimum atomic E-state index is -0.187. The van der Waals surface area contributed by atoms with Crippen molar-refractivity contribution in [3.63, 3.8) is 0 Å². The van der Waals surface area contributed by atoms with Gasteiger partial charge in [0.1, 0.15) is 11.5 Å². The number of anilines is 12. The van der Waals surface area contributed by atoms with Gasteiger partial charge in [-0.25, -0.2) is 0 Å². The zero-order chi connectivity index (χ0) is 60.6. The fraction of sp³-hybridized carbons (Fsp3) is 0. The van der Waals surface area contributed by atoms with Crippen LogP contribution in [0.5, 0.6) is 11.5 Å². The van der Waals surface area contributed by atoms with Gasteiger partial charge in [0.2, 0.25) is 6.71 Å². The van der Waals surface area contributed by atoms with Crippen LogP contribution in [-0.2, 0) is 0 Å². The Bertz CT molecular complexity index is 5100. The van der Waals surface area contributed by atoms with Gasteiger partial charge < -0.3 is 24.3 Å². The van der Waals surface area contributed by atoms with Crippen LogP contribution >= 0.6 is 11.8 Å². The van der Waals surface area contributed by atoms with Crippen molar-refractivity contribution in [3.05, 3.63) is 340 Å². The standard InChI is InChI=1S/C84H56B2N4OS/c1-7-27-57(28-8-1)58-47-49-64(50-48-58)88(73-43-23-19-39-67(73)59-29-9-2-10-30-59)65-51-77-83-80(53-65)91-79-46-26-22-42-70(79)86(83)71-55-72-81(56-76(71)90(77)74-44-24-20-40-68(74)60-31-11-3-12-32-60)92-82-54-66(87(61-33-13-4-14-34-61)62-35-15-5-16-36-62)52-78-84(82)85(72)69-41-21-25-45-75(69)89(78)63-37-17-6-18-38-63/h1-56H. The second kappa shape index (κ2) is 22.2. The molecule has 0 aliphatic carbocycles. The van der Waals surface area contributed by atoms with Crippen LogP contribution in [0.3, 0.4) is 0 Å². The highest BCUT2D eigenvalue weighted by atomic mass is 32.2. The first-order chi connectivity index (χ1) is 45.7. The Balaban J connectivity index is 0.906. The van der Waals surface area contributed by atoms with E-state index >= 15 is 0 Å². The molecule has 92 heavy (non-hydrogen) atoms. The fourth-order valence-electron chi connectivity index (χ4n) is 14.8. The molecule has 4 aliphatic rings. The maximum Gasteiger partial charge on any atom is 0.256 e. The molecule has 0 saturated heterocycles. The van der Waals surface area contributed by atoms with E-state index in [2.05, 4.69) is 359 Å². The SMILES string of the molecule is c1ccc(-c2ccc(N(c3cc4c5c(c3)N(c3ccccc3-c3ccccc3)c3cc6c(cc3B5c3ccccc3O4)B3c4ccccc4N(c4ccccc4)c4cc(N(c5ccccc5)c5ccccc5)cc(c43)S6)c3ccccc3-c3ccccc3)cc2)cc1. The maximum atomic E-state index is 7.45. The van der Waals surface area contributed by atoms with Gasteiger partial charge in [0.25, 0.3) is 6.71 Å². The highest BCUT2D eigenvalue weighted by Crippen LogP contribution is 2.52. The van der Waals surface area contributed by atoms with Gasteiger partial charge in [-0.2, -0.15) is 0 Å². The first-order valence-electron chi connectivity index (χ1n) is 31.5. The minimum absolute atomic E-state index is 0.0939. The Kier molecular flexibility index (Phi) is 13.0. The molecule has 0 fully saturated rings. The van der Waals surface area contributed by atoms with Gasteiger partial charge in [-0.1, -0.05) is 254 Å². The van der Waals surface area contributed by atoms with Crippen molar-refractivity contribution in [1.29, 1.82) is 0 Å². The number of para-hydroxylation sites is 7. The molecule has 4 aliphatic heterocycles. The van der Waals surface area contributed by atoms with Gasteiger partial charge >= 0.3 is 0 Å². The molecular formula is C84H56B2N4OS. The van der Waals surface area contributed by atoms with Crippen molar-refractivity contribution in [2.75, 3.05) is 19.6 Å². The van der Waals surface area contributed by atoms with E-state index in [9.17, 15) is 0 Å². The quantitative estimate of drug-likeness (QED) is 0.120. The van der Waals surface area contributed by atoms with E-state index in [0.29, 0.717) is 0 Å². The minimum Gasteiger partial charge on any atom is -0.458 e. The summed E-state index contributed by atoms with van der Waals surface area (Å²) >= 11 is 1.90. The molecule has 0 N–H and O–H groups in total. The third-order valence-electron chi connectivity index (χ3n) is 18.7. The molecule has 4 heterocycles. The number of rotatable bonds is 11. The lowest BCUT2D eigenvalue weighted by Crippen LogP contribution is -2.63. The third-order valence-corrected chi connectivity index (χ3v) is 19.8. The molecule has 18 rings (SSSR count). The second-order valence-corrected chi connectivity index (χ2v) is 25.0. The normalized spacial score (nSPS) is 12.7. The summed E-state index contributed by atoms with van der Waals surface area (Å²) in [5, 5.41) is 0. The summed E-state index contributed by atoms with van der Waals surface area (Å²) in [5.74, 6) is 1.68. The van der Waals surface area contributed by atoms with Crippen LogP contribution in [0.25, 0.3) is 33.4 Å². The second-order valence-electron chi connectivity index (χ2n) is 23.9. The monoisotopic (exact) mass is 1190 g/mol. The highest BCUT2D eigenvalue weighted by Gasteiger charge is 2.47. The average molecular weight is 1190 g/mol. The summed E-state index contributed by atoms with van der Waals surface area (Å²) < 4.78 is 7.45. The van der Waals surface area contributed by atoms with Gasteiger partial charge in [0.15, 0.2) is 0 Å². The average Bonchev–Trinajstić information content (AvgIpc) is 0.697. The van der Waals surface area contributed by atoms with E-state index in [0.717, 1.165) is 107 Å². The van der Waals surface area contributed by atoms with E-state index in [1.807, 2.05) is 11.8 Å². The topological polar surface area (TPSA) is 22.2 Å². The molecule has 14 aromatic carbocycles. The molecule has 8 heteroatoms. The van der Waals surface area contributed by atoms with E-state index < -0.39 is 0 Å². The first kappa shape index (κ1) is 53.6. The molecular weight excluding hydrogens is 1130 g/mol. The molecule has 0 saturated carbocycles. The molecule has 0 radical (unpaired) electrons. The van der Waals surface area contributed by atoms with E-state index in [-0.39, 0.29) is 13.4 Å². The molecule has 0 unspecified atom stereocenters. The van der Waals surface area contributed by atoms with Gasteiger partial charge in [-0.15, -0.1) is 0 Å². The summed E-state index contributed by atoms with van der Waals surface area (Å²) in [5.41, 5.74) is 27.3. The zero-order valence-electron chi connectivity index (χ0n) is 50.1. The van der Waals surface area contributed by atoms with Crippen molar-refractivity contribution < 1.29 is 4.74 Å². The Morgan fingerprint density at radius 2 is 0.772 bits per heavy atom. The molecule has 0 amide bonds. The van der Waals surface area contributed by atoms with E-state index in [1.165, 1.54) is 48.6 Å². The third kappa shape index (κ3) is 8.89. The molecule has 5 nitrogen and oxygen atoms in total. The fourth-order valence-corrected chi connectivity index (χ4v) is 16.0. The molecule has 0 spiro atoms. The molecule has 0 atom stereocenters. The Hall–Kier alpha value is -11.4. The van der Waals surface area contributed by atoms with Crippen LogP contribution in [0.4, 0.5) is 68.2 Å². The van der Waals surface area contributed by atoms with Crippen molar-refractivity contribution in [2.24, 2.45) is 0 Å². The maximum absolute atomic E-state index is 7.45. The Morgan fingerprint density at radius 1 is 0.272 bits per heavy atom. The lowest BCUT2D eigenvalue weighted by Gasteiger charge is -2.44. The van der Waals surface area contributed by atoms with E-state index in [4.69, 9.17) is 4.74 Å². The van der Waals surface area contributed by atoms with Crippen LogP contribution in [-0.4, -0.2) is 13.4 Å². The number of hydrogen-bond donors (Lipinski definition) is 0. The summed E-state index contributed by atoms with van der Waals surface area (Å²) in [6.07, 6.45) is 0. The number of nitrogens with zero attached hydrogens (tertiary/aromatic N) is 4. The smallest absolute Gasteiger partial charge is 0.256 e. The first-order valence-corrected chi connectivity index (χ1v) is 32.4. The summed E-state index contributed by atoms with van der Waals surface area (Å²) in [7, 11) is 0. The number of fused-ring (bicyclic) bond motifs is 8. The predicted molar refractivity (Wildman–Crippen MR) is 388 cm³/mol. The van der Waals surface area contributed by atoms with Crippen LogP contribution in [0.2, 0.25) is 0 Å². The summed E-state index contributed by atoms with van der Waals surface area (Å²) in [6.45, 7) is -0.281. The van der Waals surface area contributed by atoms with Gasteiger partial charge in [0.05, 0.1) is 17.1 Å². The molecule has 0 aromatic heterocycles. The number of benzene rings is 14. The van der Waals surface area contributed by atoms with Gasteiger partial charge in [-0.3, -0.25) is 0 Å². The van der Waals surface area contributed by atoms with Gasteiger partial charge in [-0.05, 0) is 147 Å². The van der Waals surface area contributed by atoms with Crippen molar-refractivity contribution >= 4 is 126 Å². The van der Waals surface area contributed by atoms with E-state index in [1.54, 1.807) is 0 Å². The predicted octanol–water partition coefficient (Wildman–Crippen LogP) is 18.8. The van der Waals surface area contributed by atoms with Crippen LogP contribution < -0.4 is 57.1 Å². The molecule has 430 valence electrons. The summed E-state index contributed by atoms with van der Waals surface area (Å²) in [4.78, 5) is 12.4. The van der Waals surface area contributed by atoms with Crippen molar-refractivity contribution in [3.8, 4) is 44.9 Å². The number of hydrogen-bond acceptors (Lipinski definition) is 6. The Labute approximate surface area is 541 Å².